The lowest BCUT2D eigenvalue weighted by Crippen LogP contribution is -2.18. The van der Waals surface area contributed by atoms with Gasteiger partial charge < -0.3 is 9.73 Å². The molecule has 0 saturated heterocycles. The molecule has 3 rings (SSSR count). The molecule has 1 heterocycles. The van der Waals surface area contributed by atoms with Gasteiger partial charge in [0.1, 0.15) is 5.76 Å². The van der Waals surface area contributed by atoms with Crippen molar-refractivity contribution in [3.8, 4) is 0 Å². The highest BCUT2D eigenvalue weighted by atomic mass is 32.2. The molecule has 2 aromatic rings. The Balaban J connectivity index is 1.94. The van der Waals surface area contributed by atoms with Crippen molar-refractivity contribution in [1.29, 1.82) is 0 Å². The first-order valence-electron chi connectivity index (χ1n) is 7.26. The van der Waals surface area contributed by atoms with Crippen LogP contribution in [0, 0.1) is 0 Å². The van der Waals surface area contributed by atoms with Crippen LogP contribution < -0.4 is 5.32 Å². The van der Waals surface area contributed by atoms with Gasteiger partial charge in [-0.25, -0.2) is 8.42 Å². The van der Waals surface area contributed by atoms with Gasteiger partial charge in [-0.15, -0.1) is 0 Å². The maximum Gasteiger partial charge on any atom is 0.180 e. The fraction of sp³-hybridized carbons (Fsp3) is 0.375. The smallest absolute Gasteiger partial charge is 0.180 e. The van der Waals surface area contributed by atoms with Crippen molar-refractivity contribution in [2.24, 2.45) is 0 Å². The van der Waals surface area contributed by atoms with Gasteiger partial charge in [-0.3, -0.25) is 0 Å². The molecule has 1 atom stereocenters. The number of furan rings is 1. The average Bonchev–Trinajstić information content (AvgIpc) is 2.97. The summed E-state index contributed by atoms with van der Waals surface area (Å²) in [6.45, 7) is 1.67. The standard InChI is InChI=1S/C16H19NO3S/c1-2-21(18,19)16-9-4-3-6-14(16)17-13-7-5-8-15-12(13)10-11-20-15/h3-4,6,9-11,13,17H,2,5,7-8H2,1H3. The number of fused-ring (bicyclic) bond motifs is 1. The van der Waals surface area contributed by atoms with Crippen molar-refractivity contribution < 1.29 is 12.8 Å². The van der Waals surface area contributed by atoms with Crippen molar-refractivity contribution in [2.45, 2.75) is 37.1 Å². The molecule has 1 aliphatic carbocycles. The van der Waals surface area contributed by atoms with E-state index in [4.69, 9.17) is 4.42 Å². The number of hydrogen-bond donors (Lipinski definition) is 1. The molecule has 1 aliphatic rings. The Labute approximate surface area is 125 Å². The zero-order valence-corrected chi connectivity index (χ0v) is 12.8. The maximum absolute atomic E-state index is 12.2. The average molecular weight is 305 g/mol. The Morgan fingerprint density at radius 3 is 2.90 bits per heavy atom. The molecule has 4 nitrogen and oxygen atoms in total. The molecule has 112 valence electrons. The van der Waals surface area contributed by atoms with Gasteiger partial charge in [0.05, 0.1) is 28.6 Å². The third-order valence-electron chi connectivity index (χ3n) is 3.98. The highest BCUT2D eigenvalue weighted by Crippen LogP contribution is 2.34. The number of sulfone groups is 1. The zero-order valence-electron chi connectivity index (χ0n) is 12.0. The van der Waals surface area contributed by atoms with Crippen LogP contribution in [-0.4, -0.2) is 14.2 Å². The number of hydrogen-bond acceptors (Lipinski definition) is 4. The topological polar surface area (TPSA) is 59.3 Å². The Morgan fingerprint density at radius 2 is 2.10 bits per heavy atom. The van der Waals surface area contributed by atoms with E-state index in [1.807, 2.05) is 18.2 Å². The molecule has 5 heteroatoms. The fourth-order valence-corrected chi connectivity index (χ4v) is 3.90. The molecule has 0 fully saturated rings. The number of aryl methyl sites for hydroxylation is 1. The van der Waals surface area contributed by atoms with Crippen LogP contribution in [0.5, 0.6) is 0 Å². The summed E-state index contributed by atoms with van der Waals surface area (Å²) < 4.78 is 29.9. The van der Waals surface area contributed by atoms with E-state index in [9.17, 15) is 8.42 Å². The van der Waals surface area contributed by atoms with Crippen molar-refractivity contribution in [2.75, 3.05) is 11.1 Å². The lowest BCUT2D eigenvalue weighted by Gasteiger charge is -2.25. The second-order valence-corrected chi connectivity index (χ2v) is 7.53. The van der Waals surface area contributed by atoms with Crippen molar-refractivity contribution >= 4 is 15.5 Å². The minimum atomic E-state index is -3.23. The van der Waals surface area contributed by atoms with Crippen LogP contribution in [0.1, 0.15) is 37.1 Å². The SMILES string of the molecule is CCS(=O)(=O)c1ccccc1NC1CCCc2occc21. The van der Waals surface area contributed by atoms with E-state index in [1.165, 1.54) is 0 Å². The van der Waals surface area contributed by atoms with Gasteiger partial charge in [0.25, 0.3) is 0 Å². The predicted octanol–water partition coefficient (Wildman–Crippen LogP) is 3.56. The summed E-state index contributed by atoms with van der Waals surface area (Å²) in [6.07, 6.45) is 4.68. The third-order valence-corrected chi connectivity index (χ3v) is 5.77. The van der Waals surface area contributed by atoms with E-state index >= 15 is 0 Å². The number of para-hydroxylation sites is 1. The van der Waals surface area contributed by atoms with E-state index < -0.39 is 9.84 Å². The Hall–Kier alpha value is -1.75. The molecular weight excluding hydrogens is 286 g/mol. The Bertz CT molecular complexity index is 733. The van der Waals surface area contributed by atoms with Crippen LogP contribution in [0.15, 0.2) is 45.9 Å². The maximum atomic E-state index is 12.2. The number of anilines is 1. The van der Waals surface area contributed by atoms with Crippen molar-refractivity contribution in [3.05, 3.63) is 47.9 Å². The summed E-state index contributed by atoms with van der Waals surface area (Å²) in [4.78, 5) is 0.378. The Morgan fingerprint density at radius 1 is 1.29 bits per heavy atom. The van der Waals surface area contributed by atoms with Crippen LogP contribution in [0.3, 0.4) is 0 Å². The van der Waals surface area contributed by atoms with Crippen LogP contribution in [0.25, 0.3) is 0 Å². The molecule has 0 amide bonds. The minimum Gasteiger partial charge on any atom is -0.469 e. The highest BCUT2D eigenvalue weighted by molar-refractivity contribution is 7.91. The van der Waals surface area contributed by atoms with E-state index in [-0.39, 0.29) is 11.8 Å². The Kier molecular flexibility index (Phi) is 3.76. The number of benzene rings is 1. The third kappa shape index (κ3) is 2.70. The summed E-state index contributed by atoms with van der Waals surface area (Å²) in [5.74, 6) is 1.11. The molecule has 0 saturated carbocycles. The van der Waals surface area contributed by atoms with Crippen LogP contribution in [0.4, 0.5) is 5.69 Å². The molecule has 1 aromatic carbocycles. The summed E-state index contributed by atoms with van der Waals surface area (Å²) in [6, 6.07) is 9.20. The monoisotopic (exact) mass is 305 g/mol. The molecule has 0 bridgehead atoms. The summed E-state index contributed by atoms with van der Waals surface area (Å²) in [5, 5.41) is 3.39. The molecule has 1 N–H and O–H groups in total. The van der Waals surface area contributed by atoms with Crippen molar-refractivity contribution in [3.63, 3.8) is 0 Å². The molecular formula is C16H19NO3S. The van der Waals surface area contributed by atoms with Gasteiger partial charge in [-0.05, 0) is 31.0 Å². The largest absolute Gasteiger partial charge is 0.469 e. The van der Waals surface area contributed by atoms with Crippen LogP contribution >= 0.6 is 0 Å². The summed E-state index contributed by atoms with van der Waals surface area (Å²) >= 11 is 0. The summed E-state index contributed by atoms with van der Waals surface area (Å²) in [5.41, 5.74) is 1.82. The first-order chi connectivity index (χ1) is 10.1. The summed E-state index contributed by atoms with van der Waals surface area (Å²) in [7, 11) is -3.23. The van der Waals surface area contributed by atoms with Gasteiger partial charge in [-0.1, -0.05) is 19.1 Å². The van der Waals surface area contributed by atoms with E-state index in [0.717, 1.165) is 30.6 Å². The van der Waals surface area contributed by atoms with Gasteiger partial charge in [0.15, 0.2) is 9.84 Å². The lowest BCUT2D eigenvalue weighted by atomic mass is 9.93. The zero-order chi connectivity index (χ0) is 14.9. The first kappa shape index (κ1) is 14.2. The highest BCUT2D eigenvalue weighted by Gasteiger charge is 2.24. The first-order valence-corrected chi connectivity index (χ1v) is 8.91. The van der Waals surface area contributed by atoms with Gasteiger partial charge in [-0.2, -0.15) is 0 Å². The molecule has 1 unspecified atom stereocenters. The van der Waals surface area contributed by atoms with Gasteiger partial charge in [0.2, 0.25) is 0 Å². The van der Waals surface area contributed by atoms with E-state index in [0.29, 0.717) is 10.6 Å². The molecule has 0 spiro atoms. The van der Waals surface area contributed by atoms with Crippen LogP contribution in [-0.2, 0) is 16.3 Å². The van der Waals surface area contributed by atoms with Crippen molar-refractivity contribution in [1.82, 2.24) is 0 Å². The molecule has 0 aliphatic heterocycles. The predicted molar refractivity (Wildman–Crippen MR) is 82.2 cm³/mol. The molecule has 1 aromatic heterocycles. The quantitative estimate of drug-likeness (QED) is 0.938. The molecule has 21 heavy (non-hydrogen) atoms. The normalized spacial score (nSPS) is 18.2. The van der Waals surface area contributed by atoms with E-state index in [2.05, 4.69) is 5.32 Å². The lowest BCUT2D eigenvalue weighted by molar-refractivity contribution is 0.461. The number of nitrogens with one attached hydrogen (secondary N) is 1. The minimum absolute atomic E-state index is 0.104. The number of rotatable bonds is 4. The fourth-order valence-electron chi connectivity index (χ4n) is 2.84. The van der Waals surface area contributed by atoms with Gasteiger partial charge >= 0.3 is 0 Å². The van der Waals surface area contributed by atoms with Gasteiger partial charge in [0, 0.05) is 12.0 Å². The molecule has 0 radical (unpaired) electrons. The van der Waals surface area contributed by atoms with Crippen LogP contribution in [0.2, 0.25) is 0 Å². The second kappa shape index (κ2) is 5.56. The van der Waals surface area contributed by atoms with E-state index in [1.54, 1.807) is 25.3 Å². The second-order valence-electron chi connectivity index (χ2n) is 5.29.